The fourth-order valence-corrected chi connectivity index (χ4v) is 2.87. The summed E-state index contributed by atoms with van der Waals surface area (Å²) in [5.74, 6) is 1.60. The maximum atomic E-state index is 5.26. The number of hydrogen-bond acceptors (Lipinski definition) is 1. The number of benzene rings is 1. The van der Waals surface area contributed by atoms with Gasteiger partial charge in [0, 0.05) is 0 Å². The molecular weight excluding hydrogens is 232 g/mol. The Morgan fingerprint density at radius 3 is 2.63 bits per heavy atom. The van der Waals surface area contributed by atoms with Gasteiger partial charge in [0.2, 0.25) is 0 Å². The van der Waals surface area contributed by atoms with Gasteiger partial charge in [-0.15, -0.1) is 0 Å². The smallest absolute Gasteiger partial charge is 0.119 e. The highest BCUT2D eigenvalue weighted by atomic mass is 16.5. The van der Waals surface area contributed by atoms with E-state index in [4.69, 9.17) is 4.74 Å². The van der Waals surface area contributed by atoms with E-state index in [2.05, 4.69) is 25.3 Å². The lowest BCUT2D eigenvalue weighted by Crippen LogP contribution is -2.08. The van der Waals surface area contributed by atoms with Crippen molar-refractivity contribution in [3.8, 4) is 5.75 Å². The third-order valence-electron chi connectivity index (χ3n) is 4.10. The second-order valence-electron chi connectivity index (χ2n) is 5.51. The van der Waals surface area contributed by atoms with Crippen molar-refractivity contribution in [2.24, 2.45) is 5.92 Å². The van der Waals surface area contributed by atoms with Gasteiger partial charge in [0.15, 0.2) is 0 Å². The van der Waals surface area contributed by atoms with Crippen molar-refractivity contribution in [2.75, 3.05) is 7.11 Å². The Balaban J connectivity index is 1.97. The molecule has 0 bridgehead atoms. The Kier molecular flexibility index (Phi) is 4.84. The molecule has 1 nitrogen and oxygen atoms in total. The van der Waals surface area contributed by atoms with E-state index >= 15 is 0 Å². The zero-order chi connectivity index (χ0) is 13.7. The summed E-state index contributed by atoms with van der Waals surface area (Å²) in [5, 5.41) is 0. The van der Waals surface area contributed by atoms with Gasteiger partial charge in [-0.3, -0.25) is 0 Å². The lowest BCUT2D eigenvalue weighted by atomic mass is 9.81. The first-order valence-corrected chi connectivity index (χ1v) is 7.20. The fourth-order valence-electron chi connectivity index (χ4n) is 2.87. The highest BCUT2D eigenvalue weighted by Gasteiger charge is 2.17. The largest absolute Gasteiger partial charge is 0.497 e. The van der Waals surface area contributed by atoms with Crippen LogP contribution in [0.3, 0.4) is 0 Å². The number of allylic oxidation sites excluding steroid dienone is 2. The van der Waals surface area contributed by atoms with Gasteiger partial charge in [0.25, 0.3) is 0 Å². The normalized spacial score (nSPS) is 16.1. The third kappa shape index (κ3) is 3.73. The Labute approximate surface area is 117 Å². The van der Waals surface area contributed by atoms with Crippen LogP contribution in [0.2, 0.25) is 0 Å². The predicted molar refractivity (Wildman–Crippen MR) is 82.4 cm³/mol. The molecule has 0 aromatic heterocycles. The quantitative estimate of drug-likeness (QED) is 0.655. The zero-order valence-electron chi connectivity index (χ0n) is 12.0. The van der Waals surface area contributed by atoms with E-state index in [1.54, 1.807) is 7.11 Å². The molecule has 19 heavy (non-hydrogen) atoms. The monoisotopic (exact) mass is 256 g/mol. The molecule has 1 fully saturated rings. The van der Waals surface area contributed by atoms with E-state index in [1.807, 2.05) is 12.1 Å². The van der Waals surface area contributed by atoms with Crippen molar-refractivity contribution in [1.29, 1.82) is 0 Å². The Morgan fingerprint density at radius 2 is 1.95 bits per heavy atom. The Hall–Kier alpha value is -1.50. The molecule has 0 aliphatic heterocycles. The summed E-state index contributed by atoms with van der Waals surface area (Å²) in [6, 6.07) is 8.13. The van der Waals surface area contributed by atoms with Crippen LogP contribution in [0.4, 0.5) is 0 Å². The molecule has 0 spiro atoms. The van der Waals surface area contributed by atoms with E-state index < -0.39 is 0 Å². The van der Waals surface area contributed by atoms with Crippen LogP contribution < -0.4 is 4.74 Å². The van der Waals surface area contributed by atoms with Gasteiger partial charge >= 0.3 is 0 Å². The van der Waals surface area contributed by atoms with E-state index in [0.717, 1.165) is 23.3 Å². The maximum Gasteiger partial charge on any atom is 0.119 e. The average molecular weight is 256 g/mol. The Morgan fingerprint density at radius 1 is 1.21 bits per heavy atom. The molecule has 1 heteroatoms. The van der Waals surface area contributed by atoms with Gasteiger partial charge < -0.3 is 4.74 Å². The van der Waals surface area contributed by atoms with Crippen LogP contribution in [0.25, 0.3) is 5.57 Å². The molecule has 1 saturated carbocycles. The van der Waals surface area contributed by atoms with Gasteiger partial charge in [-0.05, 0) is 48.4 Å². The number of hydrogen-bond donors (Lipinski definition) is 0. The molecule has 102 valence electrons. The standard InChI is InChI=1S/C18H24O/c1-14(16-8-5-4-6-9-16)12-15(2)17-10-7-11-18(13-17)19-3/h7,10-11,13,16H,1-2,4-6,8-9,12H2,3H3. The second-order valence-corrected chi connectivity index (χ2v) is 5.51. The molecular formula is C18H24O. The van der Waals surface area contributed by atoms with Crippen LogP contribution in [0.1, 0.15) is 44.1 Å². The molecule has 0 N–H and O–H groups in total. The average Bonchev–Trinajstić information content (AvgIpc) is 2.48. The molecule has 2 rings (SSSR count). The summed E-state index contributed by atoms with van der Waals surface area (Å²) in [6.45, 7) is 8.51. The number of methoxy groups -OCH3 is 1. The van der Waals surface area contributed by atoms with Crippen LogP contribution in [0, 0.1) is 5.92 Å². The lowest BCUT2D eigenvalue weighted by Gasteiger charge is -2.24. The van der Waals surface area contributed by atoms with Crippen LogP contribution in [-0.4, -0.2) is 7.11 Å². The van der Waals surface area contributed by atoms with Gasteiger partial charge in [-0.2, -0.15) is 0 Å². The molecule has 1 aromatic carbocycles. The van der Waals surface area contributed by atoms with Crippen molar-refractivity contribution in [3.63, 3.8) is 0 Å². The summed E-state index contributed by atoms with van der Waals surface area (Å²) in [6.07, 6.45) is 7.64. The molecule has 1 aromatic rings. The van der Waals surface area contributed by atoms with E-state index in [0.29, 0.717) is 5.92 Å². The molecule has 0 saturated heterocycles. The van der Waals surface area contributed by atoms with Gasteiger partial charge in [0.1, 0.15) is 5.75 Å². The molecule has 0 radical (unpaired) electrons. The van der Waals surface area contributed by atoms with Crippen molar-refractivity contribution in [3.05, 3.63) is 48.6 Å². The number of ether oxygens (including phenoxy) is 1. The minimum Gasteiger partial charge on any atom is -0.497 e. The molecule has 0 atom stereocenters. The first kappa shape index (κ1) is 13.9. The lowest BCUT2D eigenvalue weighted by molar-refractivity contribution is 0.400. The second kappa shape index (κ2) is 6.60. The third-order valence-corrected chi connectivity index (χ3v) is 4.10. The van der Waals surface area contributed by atoms with Gasteiger partial charge in [0.05, 0.1) is 7.11 Å². The SMILES string of the molecule is C=C(CC(=C)C1CCCCC1)c1cccc(OC)c1. The summed E-state index contributed by atoms with van der Waals surface area (Å²) in [5.41, 5.74) is 3.67. The van der Waals surface area contributed by atoms with Crippen molar-refractivity contribution in [2.45, 2.75) is 38.5 Å². The zero-order valence-corrected chi connectivity index (χ0v) is 12.0. The van der Waals surface area contributed by atoms with Crippen LogP contribution in [-0.2, 0) is 0 Å². The molecule has 0 amide bonds. The molecule has 0 unspecified atom stereocenters. The highest BCUT2D eigenvalue weighted by molar-refractivity contribution is 5.66. The Bertz CT molecular complexity index is 453. The van der Waals surface area contributed by atoms with E-state index in [9.17, 15) is 0 Å². The maximum absolute atomic E-state index is 5.26. The summed E-state index contributed by atoms with van der Waals surface area (Å²) < 4.78 is 5.26. The fraction of sp³-hybridized carbons (Fsp3) is 0.444. The number of rotatable bonds is 5. The van der Waals surface area contributed by atoms with Crippen LogP contribution in [0.5, 0.6) is 5.75 Å². The first-order valence-electron chi connectivity index (χ1n) is 7.20. The first-order chi connectivity index (χ1) is 9.20. The molecule has 0 heterocycles. The summed E-state index contributed by atoms with van der Waals surface area (Å²) in [4.78, 5) is 0. The summed E-state index contributed by atoms with van der Waals surface area (Å²) in [7, 11) is 1.70. The predicted octanol–water partition coefficient (Wildman–Crippen LogP) is 5.24. The van der Waals surface area contributed by atoms with Crippen LogP contribution >= 0.6 is 0 Å². The topological polar surface area (TPSA) is 9.23 Å². The van der Waals surface area contributed by atoms with E-state index in [-0.39, 0.29) is 0 Å². The summed E-state index contributed by atoms with van der Waals surface area (Å²) >= 11 is 0. The molecule has 1 aliphatic carbocycles. The van der Waals surface area contributed by atoms with Gasteiger partial charge in [-0.25, -0.2) is 0 Å². The van der Waals surface area contributed by atoms with Crippen LogP contribution in [0.15, 0.2) is 43.0 Å². The minimum atomic E-state index is 0.705. The van der Waals surface area contributed by atoms with Crippen molar-refractivity contribution in [1.82, 2.24) is 0 Å². The van der Waals surface area contributed by atoms with E-state index in [1.165, 1.54) is 37.7 Å². The highest BCUT2D eigenvalue weighted by Crippen LogP contribution is 2.33. The van der Waals surface area contributed by atoms with Crippen molar-refractivity contribution >= 4 is 5.57 Å². The minimum absolute atomic E-state index is 0.705. The molecule has 1 aliphatic rings. The van der Waals surface area contributed by atoms with Gasteiger partial charge in [-0.1, -0.05) is 50.1 Å². The van der Waals surface area contributed by atoms with Crippen molar-refractivity contribution < 1.29 is 4.74 Å².